The highest BCUT2D eigenvalue weighted by Crippen LogP contribution is 2.06. The Balaban J connectivity index is 1.49. The van der Waals surface area contributed by atoms with Crippen molar-refractivity contribution in [1.82, 2.24) is 10.0 Å². The summed E-state index contributed by atoms with van der Waals surface area (Å²) in [6, 6.07) is 18.9. The van der Waals surface area contributed by atoms with E-state index in [1.54, 1.807) is 24.3 Å². The van der Waals surface area contributed by atoms with Gasteiger partial charge in [-0.2, -0.15) is 20.7 Å². The number of hydrazone groups is 2. The zero-order valence-corrected chi connectivity index (χ0v) is 14.3. The number of nitriles is 2. The molecule has 6 nitrogen and oxygen atoms in total. The molecule has 0 spiro atoms. The maximum absolute atomic E-state index is 8.81. The molecule has 26 heavy (non-hydrogen) atoms. The highest BCUT2D eigenvalue weighted by atomic mass is 15.5. The molecule has 0 radical (unpaired) electrons. The average Bonchev–Trinajstić information content (AvgIpc) is 2.72. The van der Waals surface area contributed by atoms with E-state index in [1.165, 1.54) is 0 Å². The largest absolute Gasteiger partial charge is 0.293 e. The lowest BCUT2D eigenvalue weighted by Gasteiger charge is -2.31. The topological polar surface area (TPSA) is 78.8 Å². The quantitative estimate of drug-likeness (QED) is 0.799. The van der Waals surface area contributed by atoms with E-state index < -0.39 is 0 Å². The molecule has 0 N–H and O–H groups in total. The van der Waals surface area contributed by atoms with Gasteiger partial charge < -0.3 is 0 Å². The Morgan fingerprint density at radius 2 is 1.00 bits per heavy atom. The van der Waals surface area contributed by atoms with Crippen molar-refractivity contribution in [2.24, 2.45) is 10.2 Å². The lowest BCUT2D eigenvalue weighted by Crippen LogP contribution is -2.41. The van der Waals surface area contributed by atoms with E-state index in [0.717, 1.165) is 37.3 Å². The van der Waals surface area contributed by atoms with Gasteiger partial charge in [-0.05, 0) is 35.4 Å². The van der Waals surface area contributed by atoms with Gasteiger partial charge >= 0.3 is 0 Å². The summed E-state index contributed by atoms with van der Waals surface area (Å²) in [5.41, 5.74) is 3.25. The molecular weight excluding hydrogens is 324 g/mol. The predicted molar refractivity (Wildman–Crippen MR) is 101 cm³/mol. The van der Waals surface area contributed by atoms with Crippen LogP contribution in [0.4, 0.5) is 0 Å². The van der Waals surface area contributed by atoms with E-state index in [0.29, 0.717) is 11.1 Å². The van der Waals surface area contributed by atoms with Crippen molar-refractivity contribution in [1.29, 1.82) is 10.5 Å². The molecule has 1 heterocycles. The van der Waals surface area contributed by atoms with Crippen molar-refractivity contribution in [3.05, 3.63) is 70.8 Å². The molecule has 6 heteroatoms. The standard InChI is InChI=1S/C20H18N6/c21-13-17-1-5-19(6-2-17)15-23-25-9-11-26(12-10-25)24-16-20-7-3-18(14-22)4-8-20/h1-8,15-16H,9-12H2. The van der Waals surface area contributed by atoms with Crippen LogP contribution < -0.4 is 0 Å². The van der Waals surface area contributed by atoms with Gasteiger partial charge in [-0.1, -0.05) is 24.3 Å². The van der Waals surface area contributed by atoms with Gasteiger partial charge in [0.25, 0.3) is 0 Å². The maximum atomic E-state index is 8.81. The molecule has 0 aromatic heterocycles. The second-order valence-electron chi connectivity index (χ2n) is 5.86. The van der Waals surface area contributed by atoms with Crippen LogP contribution in [0.3, 0.4) is 0 Å². The van der Waals surface area contributed by atoms with Crippen LogP contribution in [0.25, 0.3) is 0 Å². The maximum Gasteiger partial charge on any atom is 0.0991 e. The van der Waals surface area contributed by atoms with Crippen LogP contribution in [0.5, 0.6) is 0 Å². The van der Waals surface area contributed by atoms with Crippen molar-refractivity contribution in [3.63, 3.8) is 0 Å². The lowest BCUT2D eigenvalue weighted by molar-refractivity contribution is 0.141. The molecule has 0 atom stereocenters. The molecule has 1 aliphatic heterocycles. The van der Waals surface area contributed by atoms with Crippen molar-refractivity contribution < 1.29 is 0 Å². The van der Waals surface area contributed by atoms with Gasteiger partial charge in [0.2, 0.25) is 0 Å². The molecule has 128 valence electrons. The van der Waals surface area contributed by atoms with Crippen molar-refractivity contribution in [2.75, 3.05) is 26.2 Å². The molecule has 2 aromatic carbocycles. The smallest absolute Gasteiger partial charge is 0.0991 e. The molecule has 0 aliphatic carbocycles. The Labute approximate surface area is 152 Å². The predicted octanol–water partition coefficient (Wildman–Crippen LogP) is 2.42. The molecule has 0 saturated carbocycles. The Morgan fingerprint density at radius 1 is 0.654 bits per heavy atom. The fourth-order valence-corrected chi connectivity index (χ4v) is 2.50. The molecule has 0 amide bonds. The second-order valence-corrected chi connectivity index (χ2v) is 5.86. The second kappa shape index (κ2) is 8.46. The van der Waals surface area contributed by atoms with E-state index >= 15 is 0 Å². The fraction of sp³-hybridized carbons (Fsp3) is 0.200. The van der Waals surface area contributed by atoms with Crippen LogP contribution in [0.15, 0.2) is 58.7 Å². The zero-order valence-electron chi connectivity index (χ0n) is 14.3. The number of nitrogens with zero attached hydrogens (tertiary/aromatic N) is 6. The minimum Gasteiger partial charge on any atom is -0.293 e. The summed E-state index contributed by atoms with van der Waals surface area (Å²) in [4.78, 5) is 0. The van der Waals surface area contributed by atoms with Gasteiger partial charge in [-0.15, -0.1) is 0 Å². The van der Waals surface area contributed by atoms with Gasteiger partial charge in [0.1, 0.15) is 0 Å². The Hall–Kier alpha value is -3.64. The first-order chi connectivity index (χ1) is 12.8. The van der Waals surface area contributed by atoms with Crippen molar-refractivity contribution in [2.45, 2.75) is 0 Å². The summed E-state index contributed by atoms with van der Waals surface area (Å²) in [6.07, 6.45) is 3.63. The number of benzene rings is 2. The third-order valence-electron chi connectivity index (χ3n) is 4.05. The fourth-order valence-electron chi connectivity index (χ4n) is 2.50. The highest BCUT2D eigenvalue weighted by Gasteiger charge is 2.12. The van der Waals surface area contributed by atoms with Gasteiger partial charge in [0.05, 0.1) is 61.9 Å². The van der Waals surface area contributed by atoms with E-state index in [9.17, 15) is 0 Å². The summed E-state index contributed by atoms with van der Waals surface area (Å²) < 4.78 is 0. The van der Waals surface area contributed by atoms with Crippen molar-refractivity contribution in [3.8, 4) is 12.1 Å². The Bertz CT molecular complexity index is 785. The normalized spacial score (nSPS) is 14.5. The summed E-state index contributed by atoms with van der Waals surface area (Å²) in [7, 11) is 0. The van der Waals surface area contributed by atoms with E-state index in [2.05, 4.69) is 22.3 Å². The van der Waals surface area contributed by atoms with Gasteiger partial charge in [-0.25, -0.2) is 0 Å². The summed E-state index contributed by atoms with van der Waals surface area (Å²) in [6.45, 7) is 3.21. The van der Waals surface area contributed by atoms with E-state index in [-0.39, 0.29) is 0 Å². The van der Waals surface area contributed by atoms with Crippen molar-refractivity contribution >= 4 is 12.4 Å². The average molecular weight is 342 g/mol. The van der Waals surface area contributed by atoms with Crippen LogP contribution in [0.2, 0.25) is 0 Å². The molecule has 1 aliphatic rings. The summed E-state index contributed by atoms with van der Waals surface area (Å²) in [5, 5.41) is 30.6. The number of hydrogen-bond acceptors (Lipinski definition) is 6. The summed E-state index contributed by atoms with van der Waals surface area (Å²) >= 11 is 0. The van der Waals surface area contributed by atoms with Crippen LogP contribution >= 0.6 is 0 Å². The molecular formula is C20H18N6. The minimum absolute atomic E-state index is 0.649. The Kier molecular flexibility index (Phi) is 5.59. The molecule has 0 unspecified atom stereocenters. The zero-order chi connectivity index (χ0) is 18.2. The highest BCUT2D eigenvalue weighted by molar-refractivity contribution is 5.80. The third-order valence-corrected chi connectivity index (χ3v) is 4.05. The molecule has 1 saturated heterocycles. The van der Waals surface area contributed by atoms with Crippen LogP contribution in [-0.2, 0) is 0 Å². The van der Waals surface area contributed by atoms with Crippen LogP contribution in [0, 0.1) is 22.7 Å². The van der Waals surface area contributed by atoms with E-state index in [1.807, 2.05) is 46.7 Å². The molecule has 3 rings (SSSR count). The summed E-state index contributed by atoms with van der Waals surface area (Å²) in [5.74, 6) is 0. The molecule has 1 fully saturated rings. The van der Waals surface area contributed by atoms with Gasteiger partial charge in [0, 0.05) is 0 Å². The van der Waals surface area contributed by atoms with Gasteiger partial charge in [-0.3, -0.25) is 10.0 Å². The van der Waals surface area contributed by atoms with Gasteiger partial charge in [0.15, 0.2) is 0 Å². The van der Waals surface area contributed by atoms with Crippen LogP contribution in [0.1, 0.15) is 22.3 Å². The number of piperazine rings is 1. The molecule has 0 bridgehead atoms. The lowest BCUT2D eigenvalue weighted by atomic mass is 10.2. The molecule has 2 aromatic rings. The number of hydrogen-bond donors (Lipinski definition) is 0. The van der Waals surface area contributed by atoms with E-state index in [4.69, 9.17) is 10.5 Å². The Morgan fingerprint density at radius 3 is 1.31 bits per heavy atom. The number of rotatable bonds is 4. The first-order valence-electron chi connectivity index (χ1n) is 8.35. The minimum atomic E-state index is 0.649. The SMILES string of the molecule is N#Cc1ccc(C=NN2CCN(N=Cc3ccc(C#N)cc3)CC2)cc1. The first kappa shape index (κ1) is 17.2. The first-order valence-corrected chi connectivity index (χ1v) is 8.35. The van der Waals surface area contributed by atoms with Crippen LogP contribution in [-0.4, -0.2) is 48.6 Å². The third kappa shape index (κ3) is 4.68. The monoisotopic (exact) mass is 342 g/mol.